The van der Waals surface area contributed by atoms with E-state index in [2.05, 4.69) is 20.0 Å². The number of anilines is 1. The lowest BCUT2D eigenvalue weighted by Gasteiger charge is -2.09. The lowest BCUT2D eigenvalue weighted by molar-refractivity contribution is -0.139. The van der Waals surface area contributed by atoms with Gasteiger partial charge in [0.2, 0.25) is 0 Å². The van der Waals surface area contributed by atoms with E-state index in [0.717, 1.165) is 0 Å². The van der Waals surface area contributed by atoms with E-state index in [4.69, 9.17) is 0 Å². The summed E-state index contributed by atoms with van der Waals surface area (Å²) in [6.07, 6.45) is 1.75. The Morgan fingerprint density at radius 3 is 2.91 bits per heavy atom. The third kappa shape index (κ3) is 5.04. The van der Waals surface area contributed by atoms with Crippen LogP contribution in [0.3, 0.4) is 0 Å². The van der Waals surface area contributed by atoms with Gasteiger partial charge in [0.25, 0.3) is 5.91 Å². The van der Waals surface area contributed by atoms with Gasteiger partial charge in [0, 0.05) is 16.8 Å². The molecule has 23 heavy (non-hydrogen) atoms. The Morgan fingerprint density at radius 2 is 2.22 bits per heavy atom. The van der Waals surface area contributed by atoms with Gasteiger partial charge in [0.1, 0.15) is 5.03 Å². The van der Waals surface area contributed by atoms with Crippen molar-refractivity contribution in [2.24, 2.45) is 0 Å². The molecule has 0 aliphatic carbocycles. The van der Waals surface area contributed by atoms with Crippen molar-refractivity contribution in [3.05, 3.63) is 35.0 Å². The number of methoxy groups -OCH3 is 1. The van der Waals surface area contributed by atoms with E-state index in [-0.39, 0.29) is 18.3 Å². The summed E-state index contributed by atoms with van der Waals surface area (Å²) < 4.78 is 4.59. The van der Waals surface area contributed by atoms with Gasteiger partial charge in [0.05, 0.1) is 24.8 Å². The number of ether oxygens (including phenoxy) is 1. The third-order valence-corrected chi connectivity index (χ3v) is 4.51. The van der Waals surface area contributed by atoms with Gasteiger partial charge < -0.3 is 4.74 Å². The van der Waals surface area contributed by atoms with Crippen molar-refractivity contribution in [3.8, 4) is 0 Å². The van der Waals surface area contributed by atoms with Crippen molar-refractivity contribution in [2.45, 2.75) is 30.5 Å². The highest BCUT2D eigenvalue weighted by Gasteiger charge is 2.16. The Morgan fingerprint density at radius 1 is 1.43 bits per heavy atom. The van der Waals surface area contributed by atoms with Gasteiger partial charge in [-0.15, -0.1) is 23.1 Å². The monoisotopic (exact) mass is 351 g/mol. The Labute approximate surface area is 142 Å². The highest BCUT2D eigenvalue weighted by atomic mass is 32.2. The van der Waals surface area contributed by atoms with Gasteiger partial charge in [-0.2, -0.15) is 0 Å². The molecule has 2 aromatic rings. The lowest BCUT2D eigenvalue weighted by Crippen LogP contribution is -2.14. The second-order valence-corrected chi connectivity index (χ2v) is 7.30. The summed E-state index contributed by atoms with van der Waals surface area (Å²) in [5.74, 6) is -0.628. The summed E-state index contributed by atoms with van der Waals surface area (Å²) in [6, 6.07) is 3.46. The van der Waals surface area contributed by atoms with E-state index in [1.807, 2.05) is 13.8 Å². The first-order valence-corrected chi connectivity index (χ1v) is 8.69. The summed E-state index contributed by atoms with van der Waals surface area (Å²) in [5, 5.41) is 5.92. The molecule has 0 unspecified atom stereocenters. The minimum absolute atomic E-state index is 0.0875. The summed E-state index contributed by atoms with van der Waals surface area (Å²) in [5.41, 5.74) is 1.08. The molecule has 6 nitrogen and oxygen atoms in total. The van der Waals surface area contributed by atoms with Crippen molar-refractivity contribution in [1.82, 2.24) is 9.97 Å². The maximum atomic E-state index is 12.4. The number of thiazole rings is 1. The normalized spacial score (nSPS) is 10.6. The maximum absolute atomic E-state index is 12.4. The highest BCUT2D eigenvalue weighted by molar-refractivity contribution is 7.99. The molecule has 122 valence electrons. The predicted molar refractivity (Wildman–Crippen MR) is 91.0 cm³/mol. The predicted octanol–water partition coefficient (Wildman–Crippen LogP) is 3.01. The van der Waals surface area contributed by atoms with Gasteiger partial charge >= 0.3 is 5.97 Å². The molecular weight excluding hydrogens is 334 g/mol. The fourth-order valence-electron chi connectivity index (χ4n) is 1.71. The second kappa shape index (κ2) is 8.07. The first-order chi connectivity index (χ1) is 11.0. The van der Waals surface area contributed by atoms with Crippen LogP contribution in [0, 0.1) is 0 Å². The van der Waals surface area contributed by atoms with Crippen LogP contribution >= 0.6 is 23.1 Å². The number of carbonyl (C=O) groups excluding carboxylic acids is 2. The molecule has 1 N–H and O–H groups in total. The van der Waals surface area contributed by atoms with Crippen LogP contribution in [-0.4, -0.2) is 34.2 Å². The number of nitrogens with zero attached hydrogens (tertiary/aromatic N) is 2. The Kier molecular flexibility index (Phi) is 6.12. The first kappa shape index (κ1) is 17.4. The molecule has 0 spiro atoms. The SMILES string of the molecule is COC(=O)Cc1csc(NC(=O)c2cccnc2SC(C)C)n1. The average Bonchev–Trinajstić information content (AvgIpc) is 2.94. The van der Waals surface area contributed by atoms with Crippen LogP contribution in [0.2, 0.25) is 0 Å². The standard InChI is InChI=1S/C15H17N3O3S2/c1-9(2)23-14-11(5-4-6-16-14)13(20)18-15-17-10(8-22-15)7-12(19)21-3/h4-6,8-9H,7H2,1-3H3,(H,17,18,20). The van der Waals surface area contributed by atoms with Crippen molar-refractivity contribution in [2.75, 3.05) is 12.4 Å². The number of thioether (sulfide) groups is 1. The van der Waals surface area contributed by atoms with Gasteiger partial charge in [-0.1, -0.05) is 13.8 Å². The zero-order chi connectivity index (χ0) is 16.8. The molecule has 1 amide bonds. The zero-order valence-corrected chi connectivity index (χ0v) is 14.7. The van der Waals surface area contributed by atoms with Crippen LogP contribution < -0.4 is 5.32 Å². The van der Waals surface area contributed by atoms with Crippen LogP contribution in [0.4, 0.5) is 5.13 Å². The number of carbonyl (C=O) groups is 2. The zero-order valence-electron chi connectivity index (χ0n) is 13.0. The molecule has 0 fully saturated rings. The van der Waals surface area contributed by atoms with Crippen molar-refractivity contribution >= 4 is 40.1 Å². The molecular formula is C15H17N3O3S2. The average molecular weight is 351 g/mol. The van der Waals surface area contributed by atoms with Crippen LogP contribution in [-0.2, 0) is 16.0 Å². The fraction of sp³-hybridized carbons (Fsp3) is 0.333. The van der Waals surface area contributed by atoms with Crippen molar-refractivity contribution in [3.63, 3.8) is 0 Å². The molecule has 0 atom stereocenters. The number of esters is 1. The molecule has 2 rings (SSSR count). The smallest absolute Gasteiger partial charge is 0.311 e. The fourth-order valence-corrected chi connectivity index (χ4v) is 3.27. The highest BCUT2D eigenvalue weighted by Crippen LogP contribution is 2.25. The number of amides is 1. The molecule has 0 aliphatic rings. The first-order valence-electron chi connectivity index (χ1n) is 6.94. The number of pyridine rings is 1. The molecule has 2 heterocycles. The van der Waals surface area contributed by atoms with E-state index < -0.39 is 0 Å². The minimum Gasteiger partial charge on any atom is -0.469 e. The quantitative estimate of drug-likeness (QED) is 0.636. The van der Waals surface area contributed by atoms with Crippen LogP contribution in [0.25, 0.3) is 0 Å². The van der Waals surface area contributed by atoms with E-state index in [1.54, 1.807) is 23.7 Å². The summed E-state index contributed by atoms with van der Waals surface area (Å²) >= 11 is 2.80. The number of rotatable bonds is 6. The number of hydrogen-bond acceptors (Lipinski definition) is 7. The van der Waals surface area contributed by atoms with Gasteiger partial charge in [-0.25, -0.2) is 9.97 Å². The number of hydrogen-bond donors (Lipinski definition) is 1. The number of nitrogens with one attached hydrogen (secondary N) is 1. The molecule has 2 aromatic heterocycles. The van der Waals surface area contributed by atoms with Gasteiger partial charge in [-0.3, -0.25) is 14.9 Å². The molecule has 0 bridgehead atoms. The Balaban J connectivity index is 2.09. The largest absolute Gasteiger partial charge is 0.469 e. The molecule has 8 heteroatoms. The van der Waals surface area contributed by atoms with E-state index >= 15 is 0 Å². The molecule has 0 aliphatic heterocycles. The van der Waals surface area contributed by atoms with Crippen LogP contribution in [0.15, 0.2) is 28.7 Å². The maximum Gasteiger partial charge on any atom is 0.311 e. The summed E-state index contributed by atoms with van der Waals surface area (Å²) in [6.45, 7) is 4.09. The van der Waals surface area contributed by atoms with E-state index in [0.29, 0.717) is 26.7 Å². The van der Waals surface area contributed by atoms with Crippen molar-refractivity contribution in [1.29, 1.82) is 0 Å². The molecule has 0 saturated carbocycles. The lowest BCUT2D eigenvalue weighted by atomic mass is 10.3. The summed E-state index contributed by atoms with van der Waals surface area (Å²) in [4.78, 5) is 32.1. The van der Waals surface area contributed by atoms with Crippen molar-refractivity contribution < 1.29 is 14.3 Å². The third-order valence-electron chi connectivity index (χ3n) is 2.69. The minimum atomic E-state index is -0.365. The van der Waals surface area contributed by atoms with Gasteiger partial charge in [0.15, 0.2) is 5.13 Å². The molecule has 0 aromatic carbocycles. The summed E-state index contributed by atoms with van der Waals surface area (Å²) in [7, 11) is 1.33. The Hall–Kier alpha value is -1.93. The van der Waals surface area contributed by atoms with Crippen LogP contribution in [0.5, 0.6) is 0 Å². The van der Waals surface area contributed by atoms with Crippen LogP contribution in [0.1, 0.15) is 29.9 Å². The van der Waals surface area contributed by atoms with Gasteiger partial charge in [-0.05, 0) is 12.1 Å². The van der Waals surface area contributed by atoms with E-state index in [9.17, 15) is 9.59 Å². The molecule has 0 radical (unpaired) electrons. The number of aromatic nitrogens is 2. The Bertz CT molecular complexity index is 701. The second-order valence-electron chi connectivity index (χ2n) is 4.87. The topological polar surface area (TPSA) is 81.2 Å². The van der Waals surface area contributed by atoms with E-state index in [1.165, 1.54) is 30.2 Å². The molecule has 0 saturated heterocycles.